The van der Waals surface area contributed by atoms with Gasteiger partial charge in [0.15, 0.2) is 5.82 Å². The van der Waals surface area contributed by atoms with Gasteiger partial charge >= 0.3 is 0 Å². The predicted octanol–water partition coefficient (Wildman–Crippen LogP) is 4.07. The molecule has 0 unspecified atom stereocenters. The predicted molar refractivity (Wildman–Crippen MR) is 104 cm³/mol. The second-order valence-electron chi connectivity index (χ2n) is 6.17. The van der Waals surface area contributed by atoms with E-state index >= 15 is 0 Å². The SMILES string of the molecule is O=c1[nH]c(-c2cccs2)nc2c1CCN(Cc1cc(Cl)cc(Cl)c1O)C2. The Hall–Kier alpha value is -1.86. The summed E-state index contributed by atoms with van der Waals surface area (Å²) in [6.45, 7) is 1.70. The summed E-state index contributed by atoms with van der Waals surface area (Å²) in [6, 6.07) is 7.09. The van der Waals surface area contributed by atoms with E-state index in [-0.39, 0.29) is 16.3 Å². The molecule has 0 saturated heterocycles. The van der Waals surface area contributed by atoms with Gasteiger partial charge in [-0.05, 0) is 30.0 Å². The summed E-state index contributed by atoms with van der Waals surface area (Å²) in [7, 11) is 0. The molecule has 0 aliphatic carbocycles. The Kier molecular flexibility index (Phi) is 4.75. The van der Waals surface area contributed by atoms with Gasteiger partial charge in [-0.15, -0.1) is 11.3 Å². The fraction of sp³-hybridized carbons (Fsp3) is 0.222. The fourth-order valence-electron chi connectivity index (χ4n) is 3.14. The van der Waals surface area contributed by atoms with E-state index in [0.717, 1.165) is 16.1 Å². The number of hydrogen-bond donors (Lipinski definition) is 2. The molecule has 8 heteroatoms. The van der Waals surface area contributed by atoms with Gasteiger partial charge in [-0.25, -0.2) is 4.98 Å². The lowest BCUT2D eigenvalue weighted by Crippen LogP contribution is -2.35. The van der Waals surface area contributed by atoms with E-state index in [1.807, 2.05) is 17.5 Å². The molecule has 0 spiro atoms. The second-order valence-corrected chi connectivity index (χ2v) is 7.96. The maximum atomic E-state index is 12.4. The number of benzene rings is 1. The van der Waals surface area contributed by atoms with Crippen LogP contribution in [0.25, 0.3) is 10.7 Å². The third-order valence-corrected chi connectivity index (χ3v) is 5.79. The molecule has 0 saturated carbocycles. The van der Waals surface area contributed by atoms with Crippen molar-refractivity contribution < 1.29 is 5.11 Å². The van der Waals surface area contributed by atoms with Crippen LogP contribution in [-0.4, -0.2) is 26.5 Å². The summed E-state index contributed by atoms with van der Waals surface area (Å²) in [4.78, 5) is 23.0. The highest BCUT2D eigenvalue weighted by molar-refractivity contribution is 7.13. The summed E-state index contributed by atoms with van der Waals surface area (Å²) in [6.07, 6.45) is 0.609. The maximum Gasteiger partial charge on any atom is 0.254 e. The molecule has 0 fully saturated rings. The average molecular weight is 408 g/mol. The quantitative estimate of drug-likeness (QED) is 0.686. The topological polar surface area (TPSA) is 69.2 Å². The van der Waals surface area contributed by atoms with Gasteiger partial charge in [-0.1, -0.05) is 29.3 Å². The average Bonchev–Trinajstić information content (AvgIpc) is 3.13. The van der Waals surface area contributed by atoms with Crippen LogP contribution in [-0.2, 0) is 19.5 Å². The molecule has 4 rings (SSSR count). The lowest BCUT2D eigenvalue weighted by atomic mass is 10.1. The number of aromatic nitrogens is 2. The molecule has 1 aliphatic rings. The molecule has 0 amide bonds. The molecule has 0 bridgehead atoms. The first-order valence-corrected chi connectivity index (χ1v) is 9.70. The van der Waals surface area contributed by atoms with E-state index in [4.69, 9.17) is 23.2 Å². The van der Waals surface area contributed by atoms with Crippen molar-refractivity contribution in [2.75, 3.05) is 6.54 Å². The number of phenolic OH excluding ortho intramolecular Hbond substituents is 1. The van der Waals surface area contributed by atoms with Gasteiger partial charge in [0, 0.05) is 35.8 Å². The van der Waals surface area contributed by atoms with Gasteiger partial charge in [0.1, 0.15) is 5.75 Å². The molecular weight excluding hydrogens is 393 g/mol. The summed E-state index contributed by atoms with van der Waals surface area (Å²) < 4.78 is 0. The van der Waals surface area contributed by atoms with Crippen LogP contribution in [0.5, 0.6) is 5.75 Å². The largest absolute Gasteiger partial charge is 0.506 e. The molecule has 5 nitrogen and oxygen atoms in total. The minimum absolute atomic E-state index is 0.0417. The normalized spacial score (nSPS) is 14.4. The summed E-state index contributed by atoms with van der Waals surface area (Å²) >= 11 is 13.6. The summed E-state index contributed by atoms with van der Waals surface area (Å²) in [5.41, 5.74) is 2.09. The van der Waals surface area contributed by atoms with Crippen LogP contribution >= 0.6 is 34.5 Å². The minimum Gasteiger partial charge on any atom is -0.506 e. The zero-order valence-electron chi connectivity index (χ0n) is 13.6. The molecule has 2 N–H and O–H groups in total. The zero-order chi connectivity index (χ0) is 18.3. The van der Waals surface area contributed by atoms with Crippen molar-refractivity contribution in [1.29, 1.82) is 0 Å². The Morgan fingerprint density at radius 2 is 2.19 bits per heavy atom. The standard InChI is InChI=1S/C18H15Cl2N3O2S/c19-11-6-10(16(24)13(20)7-11)8-23-4-3-12-14(9-23)21-17(22-18(12)25)15-2-1-5-26-15/h1-2,5-7,24H,3-4,8-9H2,(H,21,22,25). The van der Waals surface area contributed by atoms with Crippen LogP contribution in [0.4, 0.5) is 0 Å². The lowest BCUT2D eigenvalue weighted by molar-refractivity contribution is 0.237. The van der Waals surface area contributed by atoms with Crippen molar-refractivity contribution in [1.82, 2.24) is 14.9 Å². The smallest absolute Gasteiger partial charge is 0.254 e. The van der Waals surface area contributed by atoms with E-state index in [1.165, 1.54) is 17.4 Å². The van der Waals surface area contributed by atoms with Gasteiger partial charge in [-0.3, -0.25) is 9.69 Å². The highest BCUT2D eigenvalue weighted by Gasteiger charge is 2.23. The van der Waals surface area contributed by atoms with E-state index in [0.29, 0.717) is 42.5 Å². The van der Waals surface area contributed by atoms with Gasteiger partial charge in [0.25, 0.3) is 5.56 Å². The summed E-state index contributed by atoms with van der Waals surface area (Å²) in [5.74, 6) is 0.638. The number of phenols is 1. The minimum atomic E-state index is -0.0771. The zero-order valence-corrected chi connectivity index (χ0v) is 16.0. The number of H-pyrrole nitrogens is 1. The number of aromatic amines is 1. The van der Waals surface area contributed by atoms with Gasteiger partial charge in [0.2, 0.25) is 0 Å². The highest BCUT2D eigenvalue weighted by Crippen LogP contribution is 2.32. The Labute approximate surface area is 163 Å². The molecule has 0 atom stereocenters. The van der Waals surface area contributed by atoms with Crippen molar-refractivity contribution in [3.05, 3.63) is 66.9 Å². The molecular formula is C18H15Cl2N3O2S. The highest BCUT2D eigenvalue weighted by atomic mass is 35.5. The van der Waals surface area contributed by atoms with Gasteiger partial charge in [-0.2, -0.15) is 0 Å². The number of halogens is 2. The first-order valence-electron chi connectivity index (χ1n) is 8.06. The Bertz CT molecular complexity index is 1020. The molecule has 134 valence electrons. The number of hydrogen-bond acceptors (Lipinski definition) is 5. The van der Waals surface area contributed by atoms with Crippen molar-refractivity contribution in [2.45, 2.75) is 19.5 Å². The van der Waals surface area contributed by atoms with E-state index in [9.17, 15) is 9.90 Å². The maximum absolute atomic E-state index is 12.4. The number of thiophene rings is 1. The van der Waals surface area contributed by atoms with Crippen molar-refractivity contribution in [3.63, 3.8) is 0 Å². The van der Waals surface area contributed by atoms with E-state index in [1.54, 1.807) is 6.07 Å². The van der Waals surface area contributed by atoms with E-state index < -0.39 is 0 Å². The third kappa shape index (κ3) is 3.38. The molecule has 0 radical (unpaired) electrons. The molecule has 26 heavy (non-hydrogen) atoms. The first kappa shape index (κ1) is 17.5. The van der Waals surface area contributed by atoms with Crippen LogP contribution in [0.1, 0.15) is 16.8 Å². The molecule has 3 heterocycles. The van der Waals surface area contributed by atoms with Crippen molar-refractivity contribution in [3.8, 4) is 16.5 Å². The fourth-order valence-corrected chi connectivity index (χ4v) is 4.34. The van der Waals surface area contributed by atoms with E-state index in [2.05, 4.69) is 14.9 Å². The van der Waals surface area contributed by atoms with Crippen LogP contribution in [0.15, 0.2) is 34.4 Å². The molecule has 2 aromatic heterocycles. The first-order chi connectivity index (χ1) is 12.5. The number of rotatable bonds is 3. The number of nitrogens with one attached hydrogen (secondary N) is 1. The van der Waals surface area contributed by atoms with Gasteiger partial charge in [0.05, 0.1) is 15.6 Å². The molecule has 1 aliphatic heterocycles. The Balaban J connectivity index is 1.63. The molecule has 3 aromatic rings. The monoisotopic (exact) mass is 407 g/mol. The van der Waals surface area contributed by atoms with Crippen molar-refractivity contribution in [2.24, 2.45) is 0 Å². The van der Waals surface area contributed by atoms with Crippen LogP contribution in [0.3, 0.4) is 0 Å². The molecule has 1 aromatic carbocycles. The van der Waals surface area contributed by atoms with Crippen molar-refractivity contribution >= 4 is 34.5 Å². The van der Waals surface area contributed by atoms with Crippen LogP contribution < -0.4 is 5.56 Å². The Morgan fingerprint density at radius 1 is 1.35 bits per heavy atom. The van der Waals surface area contributed by atoms with Crippen LogP contribution in [0.2, 0.25) is 10.0 Å². The summed E-state index contributed by atoms with van der Waals surface area (Å²) in [5, 5.41) is 12.8. The number of aromatic hydroxyl groups is 1. The number of nitrogens with zero attached hydrogens (tertiary/aromatic N) is 2. The Morgan fingerprint density at radius 3 is 2.96 bits per heavy atom. The third-order valence-electron chi connectivity index (χ3n) is 4.41. The van der Waals surface area contributed by atoms with Gasteiger partial charge < -0.3 is 10.1 Å². The number of fused-ring (bicyclic) bond motifs is 1. The lowest BCUT2D eigenvalue weighted by Gasteiger charge is -2.28. The second kappa shape index (κ2) is 7.04. The van der Waals surface area contributed by atoms with Crippen LogP contribution in [0, 0.1) is 0 Å².